The fourth-order valence-electron chi connectivity index (χ4n) is 3.26. The lowest BCUT2D eigenvalue weighted by Crippen LogP contribution is -2.36. The maximum absolute atomic E-state index is 12.8. The van der Waals surface area contributed by atoms with Crippen molar-refractivity contribution in [3.05, 3.63) is 57.5 Å². The zero-order chi connectivity index (χ0) is 26.2. The molecule has 1 aliphatic rings. The third-order valence-corrected chi connectivity index (χ3v) is 6.02. The molecule has 1 N–H and O–H groups in total. The van der Waals surface area contributed by atoms with Crippen LogP contribution < -0.4 is 14.8 Å². The highest BCUT2D eigenvalue weighted by atomic mass is 35.5. The molecule has 2 aromatic rings. The van der Waals surface area contributed by atoms with Gasteiger partial charge in [0.25, 0.3) is 11.1 Å². The molecule has 9 nitrogen and oxygen atoms in total. The summed E-state index contributed by atoms with van der Waals surface area (Å²) in [6.45, 7) is 5.96. The molecule has 1 aliphatic heterocycles. The first kappa shape index (κ1) is 27.1. The monoisotopic (exact) mass is 532 g/mol. The van der Waals surface area contributed by atoms with E-state index in [4.69, 9.17) is 25.8 Å². The van der Waals surface area contributed by atoms with Gasteiger partial charge in [0.1, 0.15) is 6.54 Å². The number of rotatable bonds is 10. The van der Waals surface area contributed by atoms with Crippen molar-refractivity contribution in [3.63, 3.8) is 0 Å². The Kier molecular flexibility index (Phi) is 9.38. The van der Waals surface area contributed by atoms with E-state index in [2.05, 4.69) is 5.32 Å². The molecular weight excluding hydrogens is 508 g/mol. The lowest BCUT2D eigenvalue weighted by molar-refractivity contribution is -0.127. The van der Waals surface area contributed by atoms with Crippen molar-refractivity contribution < 1.29 is 33.4 Å². The maximum atomic E-state index is 12.8. The number of nitrogens with zero attached hydrogens (tertiary/aromatic N) is 1. The molecule has 1 fully saturated rings. The molecule has 1 saturated heterocycles. The minimum atomic E-state index is -0.628. The number of nitrogens with one attached hydrogen (secondary N) is 1. The third-order valence-electron chi connectivity index (χ3n) is 4.79. The molecular formula is C25H25ClN2O7S. The Morgan fingerprint density at radius 1 is 1.00 bits per heavy atom. The van der Waals surface area contributed by atoms with Crippen LogP contribution in [0.5, 0.6) is 11.5 Å². The summed E-state index contributed by atoms with van der Waals surface area (Å²) in [6, 6.07) is 9.51. The van der Waals surface area contributed by atoms with Gasteiger partial charge in [0.05, 0.1) is 35.3 Å². The maximum Gasteiger partial charge on any atom is 0.339 e. The number of benzene rings is 2. The SMILES string of the molecule is CCOC(=O)c1cc(NC(=O)CN2C(=O)S/C(=C/c3ccc(OCC)c(OCC)c3)C2=O)ccc1Cl. The predicted octanol–water partition coefficient (Wildman–Crippen LogP) is 4.99. The Labute approximate surface area is 217 Å². The van der Waals surface area contributed by atoms with Gasteiger partial charge in [-0.05, 0) is 74.5 Å². The normalized spacial score (nSPS) is 14.2. The molecule has 0 aliphatic carbocycles. The van der Waals surface area contributed by atoms with E-state index in [-0.39, 0.29) is 27.8 Å². The fraction of sp³-hybridized carbons (Fsp3) is 0.280. The second-order valence-corrected chi connectivity index (χ2v) is 8.70. The number of carbonyl (C=O) groups excluding carboxylic acids is 4. The van der Waals surface area contributed by atoms with Crippen molar-refractivity contribution in [2.75, 3.05) is 31.7 Å². The topological polar surface area (TPSA) is 111 Å². The van der Waals surface area contributed by atoms with Gasteiger partial charge in [0.2, 0.25) is 5.91 Å². The van der Waals surface area contributed by atoms with Gasteiger partial charge in [-0.25, -0.2) is 4.79 Å². The first-order chi connectivity index (χ1) is 17.3. The van der Waals surface area contributed by atoms with Crippen molar-refractivity contribution in [1.82, 2.24) is 4.90 Å². The fourth-order valence-corrected chi connectivity index (χ4v) is 4.29. The van der Waals surface area contributed by atoms with Crippen molar-refractivity contribution >= 4 is 58.1 Å². The second-order valence-electron chi connectivity index (χ2n) is 7.30. The Balaban J connectivity index is 1.71. The molecule has 0 unspecified atom stereocenters. The molecule has 0 radical (unpaired) electrons. The lowest BCUT2D eigenvalue weighted by Gasteiger charge is -2.13. The largest absolute Gasteiger partial charge is 0.490 e. The van der Waals surface area contributed by atoms with Crippen LogP contribution in [0.3, 0.4) is 0 Å². The van der Waals surface area contributed by atoms with Gasteiger partial charge in [-0.2, -0.15) is 0 Å². The van der Waals surface area contributed by atoms with Gasteiger partial charge < -0.3 is 19.5 Å². The Morgan fingerprint density at radius 3 is 2.42 bits per heavy atom. The number of halogens is 1. The standard InChI is InChI=1S/C25H25ClN2O7S/c1-4-33-19-10-7-15(11-20(19)34-5-2)12-21-23(30)28(25(32)36-21)14-22(29)27-16-8-9-18(26)17(13-16)24(31)35-6-3/h7-13H,4-6,14H2,1-3H3,(H,27,29)/b21-12+. The van der Waals surface area contributed by atoms with Crippen LogP contribution in [0, 0.1) is 0 Å². The van der Waals surface area contributed by atoms with E-state index in [1.54, 1.807) is 31.2 Å². The van der Waals surface area contributed by atoms with Crippen LogP contribution in [0.25, 0.3) is 6.08 Å². The number of imide groups is 1. The average molecular weight is 533 g/mol. The molecule has 0 saturated carbocycles. The number of amides is 3. The number of carbonyl (C=O) groups is 4. The average Bonchev–Trinajstić information content (AvgIpc) is 3.09. The van der Waals surface area contributed by atoms with Gasteiger partial charge in [-0.3, -0.25) is 19.3 Å². The van der Waals surface area contributed by atoms with Crippen molar-refractivity contribution in [3.8, 4) is 11.5 Å². The highest BCUT2D eigenvalue weighted by molar-refractivity contribution is 8.18. The molecule has 1 heterocycles. The van der Waals surface area contributed by atoms with Crippen molar-refractivity contribution in [1.29, 1.82) is 0 Å². The summed E-state index contributed by atoms with van der Waals surface area (Å²) in [5.74, 6) is -0.728. The summed E-state index contributed by atoms with van der Waals surface area (Å²) in [6.07, 6.45) is 1.56. The molecule has 36 heavy (non-hydrogen) atoms. The number of hydrogen-bond acceptors (Lipinski definition) is 8. The molecule has 0 bridgehead atoms. The molecule has 3 amide bonds. The minimum Gasteiger partial charge on any atom is -0.490 e. The summed E-state index contributed by atoms with van der Waals surface area (Å²) >= 11 is 6.78. The Morgan fingerprint density at radius 2 is 1.72 bits per heavy atom. The number of esters is 1. The van der Waals surface area contributed by atoms with E-state index in [1.165, 1.54) is 18.2 Å². The summed E-state index contributed by atoms with van der Waals surface area (Å²) in [7, 11) is 0. The molecule has 190 valence electrons. The molecule has 3 rings (SSSR count). The summed E-state index contributed by atoms with van der Waals surface area (Å²) in [5.41, 5.74) is 1.00. The summed E-state index contributed by atoms with van der Waals surface area (Å²) in [4.78, 5) is 50.9. The Hall–Kier alpha value is -3.50. The van der Waals surface area contributed by atoms with Crippen LogP contribution in [-0.2, 0) is 14.3 Å². The van der Waals surface area contributed by atoms with E-state index in [0.29, 0.717) is 30.3 Å². The molecule has 2 aromatic carbocycles. The van der Waals surface area contributed by atoms with Crippen LogP contribution >= 0.6 is 23.4 Å². The summed E-state index contributed by atoms with van der Waals surface area (Å²) in [5, 5.41) is 2.17. The molecule has 0 spiro atoms. The number of thioether (sulfide) groups is 1. The van der Waals surface area contributed by atoms with E-state index < -0.39 is 29.6 Å². The quantitative estimate of drug-likeness (QED) is 0.336. The van der Waals surface area contributed by atoms with Gasteiger partial charge >= 0.3 is 5.97 Å². The third kappa shape index (κ3) is 6.58. The smallest absolute Gasteiger partial charge is 0.339 e. The molecule has 0 atom stereocenters. The van der Waals surface area contributed by atoms with E-state index in [1.807, 2.05) is 13.8 Å². The van der Waals surface area contributed by atoms with E-state index >= 15 is 0 Å². The first-order valence-corrected chi connectivity index (χ1v) is 12.4. The van der Waals surface area contributed by atoms with Gasteiger partial charge in [0.15, 0.2) is 11.5 Å². The van der Waals surface area contributed by atoms with Crippen LogP contribution in [0.1, 0.15) is 36.7 Å². The first-order valence-electron chi connectivity index (χ1n) is 11.2. The van der Waals surface area contributed by atoms with Crippen molar-refractivity contribution in [2.24, 2.45) is 0 Å². The van der Waals surface area contributed by atoms with E-state index in [9.17, 15) is 19.2 Å². The minimum absolute atomic E-state index is 0.0900. The van der Waals surface area contributed by atoms with Crippen LogP contribution in [0.15, 0.2) is 41.3 Å². The molecule has 0 aromatic heterocycles. The van der Waals surface area contributed by atoms with Gasteiger partial charge in [0, 0.05) is 5.69 Å². The van der Waals surface area contributed by atoms with Crippen LogP contribution in [0.4, 0.5) is 10.5 Å². The van der Waals surface area contributed by atoms with Gasteiger partial charge in [-0.15, -0.1) is 0 Å². The zero-order valence-electron chi connectivity index (χ0n) is 20.0. The lowest BCUT2D eigenvalue weighted by atomic mass is 10.2. The van der Waals surface area contributed by atoms with Gasteiger partial charge in [-0.1, -0.05) is 17.7 Å². The number of ether oxygens (including phenoxy) is 3. The number of hydrogen-bond donors (Lipinski definition) is 1. The van der Waals surface area contributed by atoms with Crippen LogP contribution in [0.2, 0.25) is 5.02 Å². The number of anilines is 1. The van der Waals surface area contributed by atoms with E-state index in [0.717, 1.165) is 16.7 Å². The summed E-state index contributed by atoms with van der Waals surface area (Å²) < 4.78 is 16.1. The molecule has 11 heteroatoms. The zero-order valence-corrected chi connectivity index (χ0v) is 21.5. The highest BCUT2D eigenvalue weighted by Gasteiger charge is 2.36. The Bertz CT molecular complexity index is 1210. The van der Waals surface area contributed by atoms with Crippen LogP contribution in [-0.4, -0.2) is 54.3 Å². The predicted molar refractivity (Wildman–Crippen MR) is 137 cm³/mol. The van der Waals surface area contributed by atoms with Crippen molar-refractivity contribution in [2.45, 2.75) is 20.8 Å². The second kappa shape index (κ2) is 12.5. The highest BCUT2D eigenvalue weighted by Crippen LogP contribution is 2.34.